The number of hydrogen-bond donors (Lipinski definition) is 2. The van der Waals surface area contributed by atoms with Gasteiger partial charge in [-0.15, -0.1) is 0 Å². The van der Waals surface area contributed by atoms with Gasteiger partial charge in [-0.05, 0) is 48.0 Å². The van der Waals surface area contributed by atoms with Gasteiger partial charge >= 0.3 is 5.97 Å². The summed E-state index contributed by atoms with van der Waals surface area (Å²) in [5, 5.41) is 13.9. The Morgan fingerprint density at radius 1 is 1.00 bits per heavy atom. The molecule has 0 radical (unpaired) electrons. The van der Waals surface area contributed by atoms with E-state index in [1.165, 1.54) is 0 Å². The molecule has 4 rings (SSSR count). The first kappa shape index (κ1) is 28.2. The monoisotopic (exact) mass is 532 g/mol. The number of likely N-dealkylation sites (N-methyl/N-ethyl adjacent to an activating group) is 1. The third kappa shape index (κ3) is 6.78. The maximum Gasteiger partial charge on any atom is 0.305 e. The van der Waals surface area contributed by atoms with E-state index in [1.54, 1.807) is 22.7 Å². The number of carboxylic acid groups (broad SMARTS) is 1. The maximum absolute atomic E-state index is 13.6. The summed E-state index contributed by atoms with van der Waals surface area (Å²) in [7, 11) is 3.88. The van der Waals surface area contributed by atoms with Gasteiger partial charge in [-0.2, -0.15) is 5.10 Å². The molecule has 0 bridgehead atoms. The number of benzene rings is 2. The summed E-state index contributed by atoms with van der Waals surface area (Å²) in [6, 6.07) is 15.9. The lowest BCUT2D eigenvalue weighted by Crippen LogP contribution is -2.44. The molecule has 1 aromatic heterocycles. The fourth-order valence-electron chi connectivity index (χ4n) is 4.82. The van der Waals surface area contributed by atoms with E-state index in [1.807, 2.05) is 51.1 Å². The zero-order valence-electron chi connectivity index (χ0n) is 23.6. The van der Waals surface area contributed by atoms with Gasteiger partial charge in [0.25, 0.3) is 5.91 Å². The van der Waals surface area contributed by atoms with Crippen molar-refractivity contribution in [2.75, 3.05) is 50.4 Å². The van der Waals surface area contributed by atoms with Gasteiger partial charge in [0.1, 0.15) is 5.69 Å². The minimum absolute atomic E-state index is 0.0983. The number of rotatable bonds is 8. The number of nitrogens with two attached hydrogens (primary N) is 1. The first-order valence-electron chi connectivity index (χ1n) is 13.4. The van der Waals surface area contributed by atoms with Gasteiger partial charge in [0, 0.05) is 51.7 Å². The predicted octanol–water partition coefficient (Wildman–Crippen LogP) is 3.84. The molecule has 0 atom stereocenters. The first-order valence-corrected chi connectivity index (χ1v) is 13.4. The van der Waals surface area contributed by atoms with Gasteiger partial charge in [-0.1, -0.05) is 45.0 Å². The van der Waals surface area contributed by atoms with Crippen LogP contribution in [0.2, 0.25) is 0 Å². The van der Waals surface area contributed by atoms with Crippen molar-refractivity contribution in [3.8, 4) is 11.1 Å². The van der Waals surface area contributed by atoms with Crippen LogP contribution in [0, 0.1) is 0 Å². The number of carboxylic acids is 1. The molecule has 1 aliphatic rings. The number of carbonyl (C=O) groups excluding carboxylic acids is 1. The first-order chi connectivity index (χ1) is 18.4. The lowest BCUT2D eigenvalue weighted by molar-refractivity contribution is -0.137. The number of nitrogen functional groups attached to an aromatic ring is 1. The van der Waals surface area contributed by atoms with E-state index in [0.29, 0.717) is 5.69 Å². The summed E-state index contributed by atoms with van der Waals surface area (Å²) in [6.07, 6.45) is -0.139. The fourth-order valence-corrected chi connectivity index (χ4v) is 4.82. The van der Waals surface area contributed by atoms with Crippen LogP contribution >= 0.6 is 0 Å². The summed E-state index contributed by atoms with van der Waals surface area (Å²) in [6.45, 7) is 10.4. The Hall–Kier alpha value is -3.85. The molecule has 3 aromatic rings. The minimum Gasteiger partial charge on any atom is -0.481 e. The number of aliphatic carboxylic acids is 1. The Morgan fingerprint density at radius 2 is 1.69 bits per heavy atom. The van der Waals surface area contributed by atoms with Gasteiger partial charge in [0.05, 0.1) is 23.5 Å². The SMILES string of the molecule is CN1CCN(c2ccc(-c3cccc(CN(CCC(=O)O)C(=O)c4cc(C(C)(C)C)nn4C)c3)cc2N)CC1. The lowest BCUT2D eigenvalue weighted by Gasteiger charge is -2.34. The van der Waals surface area contributed by atoms with Crippen LogP contribution in [0.15, 0.2) is 48.5 Å². The van der Waals surface area contributed by atoms with Crippen LogP contribution in [-0.4, -0.2) is 76.3 Å². The number of nitrogens with zero attached hydrogens (tertiary/aromatic N) is 5. The zero-order valence-corrected chi connectivity index (χ0v) is 23.6. The second kappa shape index (κ2) is 11.5. The van der Waals surface area contributed by atoms with Crippen molar-refractivity contribution in [1.82, 2.24) is 19.6 Å². The van der Waals surface area contributed by atoms with Crippen LogP contribution in [0.5, 0.6) is 0 Å². The molecular formula is C30H40N6O3. The summed E-state index contributed by atoms with van der Waals surface area (Å²) < 4.78 is 1.58. The van der Waals surface area contributed by atoms with Crippen LogP contribution in [0.25, 0.3) is 11.1 Å². The second-order valence-corrected chi connectivity index (χ2v) is 11.4. The van der Waals surface area contributed by atoms with Crippen molar-refractivity contribution in [2.24, 2.45) is 7.05 Å². The van der Waals surface area contributed by atoms with Gasteiger partial charge in [-0.3, -0.25) is 14.3 Å². The number of hydrogen-bond acceptors (Lipinski definition) is 6. The summed E-state index contributed by atoms with van der Waals surface area (Å²) in [5.74, 6) is -1.19. The number of piperazine rings is 1. The average molecular weight is 533 g/mol. The largest absolute Gasteiger partial charge is 0.481 e. The third-order valence-corrected chi connectivity index (χ3v) is 7.26. The van der Waals surface area contributed by atoms with Crippen molar-refractivity contribution < 1.29 is 14.7 Å². The standard InChI is InChI=1S/C30H40N6O3/c1-30(2,3)27-19-26(34(5)32-27)29(39)36(12-11-28(37)38)20-21-7-6-8-22(17-21)23-9-10-25(24(31)18-23)35-15-13-33(4)14-16-35/h6-10,17-19H,11-16,20,31H2,1-5H3,(H,37,38). The lowest BCUT2D eigenvalue weighted by atomic mass is 9.92. The molecule has 2 heterocycles. The van der Waals surface area contributed by atoms with Crippen LogP contribution < -0.4 is 10.6 Å². The van der Waals surface area contributed by atoms with Crippen LogP contribution in [0.1, 0.15) is 48.9 Å². The number of aryl methyl sites for hydroxylation is 1. The van der Waals surface area contributed by atoms with E-state index in [2.05, 4.69) is 34.1 Å². The molecule has 1 fully saturated rings. The van der Waals surface area contributed by atoms with E-state index in [9.17, 15) is 14.7 Å². The smallest absolute Gasteiger partial charge is 0.305 e. The molecular weight excluding hydrogens is 492 g/mol. The Labute approximate surface area is 230 Å². The van der Waals surface area contributed by atoms with Crippen molar-refractivity contribution >= 4 is 23.3 Å². The van der Waals surface area contributed by atoms with Crippen molar-refractivity contribution in [3.63, 3.8) is 0 Å². The highest BCUT2D eigenvalue weighted by Crippen LogP contribution is 2.31. The van der Waals surface area contributed by atoms with Crippen molar-refractivity contribution in [3.05, 3.63) is 65.5 Å². The quantitative estimate of drug-likeness (QED) is 0.425. The summed E-state index contributed by atoms with van der Waals surface area (Å²) in [5.41, 5.74) is 12.2. The van der Waals surface area contributed by atoms with Crippen molar-refractivity contribution in [2.45, 2.75) is 39.2 Å². The van der Waals surface area contributed by atoms with E-state index in [4.69, 9.17) is 5.73 Å². The molecule has 9 heteroatoms. The molecule has 0 saturated carbocycles. The van der Waals surface area contributed by atoms with Crippen LogP contribution in [0.3, 0.4) is 0 Å². The maximum atomic E-state index is 13.6. The minimum atomic E-state index is -0.946. The predicted molar refractivity (Wildman–Crippen MR) is 155 cm³/mol. The fraction of sp³-hybridized carbons (Fsp3) is 0.433. The van der Waals surface area contributed by atoms with Gasteiger partial charge in [0.15, 0.2) is 0 Å². The van der Waals surface area contributed by atoms with E-state index in [-0.39, 0.29) is 30.8 Å². The third-order valence-electron chi connectivity index (χ3n) is 7.26. The zero-order chi connectivity index (χ0) is 28.3. The second-order valence-electron chi connectivity index (χ2n) is 11.4. The molecule has 0 unspecified atom stereocenters. The highest BCUT2D eigenvalue weighted by atomic mass is 16.4. The molecule has 1 saturated heterocycles. The Kier molecular flexibility index (Phi) is 8.30. The molecule has 3 N–H and O–H groups in total. The molecule has 1 aliphatic heterocycles. The number of amides is 1. The van der Waals surface area contributed by atoms with Gasteiger partial charge < -0.3 is 25.5 Å². The van der Waals surface area contributed by atoms with Crippen LogP contribution in [-0.2, 0) is 23.8 Å². The number of anilines is 2. The summed E-state index contributed by atoms with van der Waals surface area (Å²) >= 11 is 0. The molecule has 0 aliphatic carbocycles. The highest BCUT2D eigenvalue weighted by molar-refractivity contribution is 5.93. The Balaban J connectivity index is 1.56. The van der Waals surface area contributed by atoms with E-state index >= 15 is 0 Å². The summed E-state index contributed by atoms with van der Waals surface area (Å²) in [4.78, 5) is 31.2. The van der Waals surface area contributed by atoms with Crippen LogP contribution in [0.4, 0.5) is 11.4 Å². The average Bonchev–Trinajstić information content (AvgIpc) is 3.29. The topological polar surface area (TPSA) is 108 Å². The number of carbonyl (C=O) groups is 2. The molecule has 9 nitrogen and oxygen atoms in total. The molecule has 39 heavy (non-hydrogen) atoms. The normalized spacial score (nSPS) is 14.4. The molecule has 208 valence electrons. The van der Waals surface area contributed by atoms with Gasteiger partial charge in [-0.25, -0.2) is 0 Å². The molecule has 0 spiro atoms. The molecule has 2 aromatic carbocycles. The van der Waals surface area contributed by atoms with E-state index < -0.39 is 5.97 Å². The Bertz CT molecular complexity index is 1330. The van der Waals surface area contributed by atoms with Crippen molar-refractivity contribution in [1.29, 1.82) is 0 Å². The Morgan fingerprint density at radius 3 is 2.31 bits per heavy atom. The highest BCUT2D eigenvalue weighted by Gasteiger charge is 2.25. The molecule has 1 amide bonds. The van der Waals surface area contributed by atoms with E-state index in [0.717, 1.165) is 59.9 Å². The number of aromatic nitrogens is 2. The van der Waals surface area contributed by atoms with Gasteiger partial charge in [0.2, 0.25) is 0 Å².